The molecule has 0 amide bonds. The maximum Gasteiger partial charge on any atom is 0.310 e. The molecule has 0 bridgehead atoms. The number of benzene rings is 2. The topological polar surface area (TPSA) is 92.7 Å². The third-order valence-electron chi connectivity index (χ3n) is 7.63. The fourth-order valence-corrected chi connectivity index (χ4v) is 5.58. The van der Waals surface area contributed by atoms with Crippen molar-refractivity contribution in [1.82, 2.24) is 0 Å². The number of aliphatic hydroxyl groups excluding tert-OH is 1. The number of hydrogen-bond acceptors (Lipinski definition) is 8. The molecule has 0 saturated carbocycles. The zero-order chi connectivity index (χ0) is 30.1. The number of allylic oxidation sites excluding steroid dienone is 3. The number of methoxy groups -OCH3 is 5. The molecular weight excluding hydrogens is 524 g/mol. The van der Waals surface area contributed by atoms with E-state index in [9.17, 15) is 9.90 Å². The van der Waals surface area contributed by atoms with Crippen molar-refractivity contribution in [1.29, 1.82) is 0 Å². The van der Waals surface area contributed by atoms with Crippen LogP contribution in [0.5, 0.6) is 28.7 Å². The highest BCUT2D eigenvalue weighted by molar-refractivity contribution is 5.77. The molecule has 8 heteroatoms. The molecule has 1 aliphatic rings. The van der Waals surface area contributed by atoms with Crippen molar-refractivity contribution < 1.29 is 38.3 Å². The van der Waals surface area contributed by atoms with Crippen molar-refractivity contribution in [3.05, 3.63) is 64.3 Å². The Kier molecular flexibility index (Phi) is 11.5. The second kappa shape index (κ2) is 14.8. The van der Waals surface area contributed by atoms with E-state index in [2.05, 4.69) is 32.9 Å². The van der Waals surface area contributed by atoms with Gasteiger partial charge in [-0.2, -0.15) is 0 Å². The van der Waals surface area contributed by atoms with Crippen LogP contribution in [0, 0.1) is 11.8 Å². The second-order valence-electron chi connectivity index (χ2n) is 10.5. The van der Waals surface area contributed by atoms with Crippen molar-refractivity contribution in [2.45, 2.75) is 46.0 Å². The molecule has 3 atom stereocenters. The zero-order valence-corrected chi connectivity index (χ0v) is 25.5. The lowest BCUT2D eigenvalue weighted by Gasteiger charge is -2.39. The lowest BCUT2D eigenvalue weighted by molar-refractivity contribution is -0.149. The maximum atomic E-state index is 13.2. The van der Waals surface area contributed by atoms with Gasteiger partial charge in [-0.25, -0.2) is 0 Å². The smallest absolute Gasteiger partial charge is 0.310 e. The van der Waals surface area contributed by atoms with Crippen molar-refractivity contribution in [3.8, 4) is 28.7 Å². The summed E-state index contributed by atoms with van der Waals surface area (Å²) in [7, 11) is 7.62. The van der Waals surface area contributed by atoms with E-state index >= 15 is 0 Å². The Bertz CT molecular complexity index is 1260. The van der Waals surface area contributed by atoms with Gasteiger partial charge in [0.2, 0.25) is 5.75 Å². The van der Waals surface area contributed by atoms with Crippen LogP contribution < -0.4 is 23.7 Å². The normalized spacial score (nSPS) is 18.2. The molecule has 0 fully saturated rings. The van der Waals surface area contributed by atoms with E-state index in [4.69, 9.17) is 28.4 Å². The van der Waals surface area contributed by atoms with Crippen LogP contribution in [-0.4, -0.2) is 59.8 Å². The molecule has 2 aromatic rings. The van der Waals surface area contributed by atoms with Gasteiger partial charge >= 0.3 is 5.97 Å². The summed E-state index contributed by atoms with van der Waals surface area (Å²) in [4.78, 5) is 13.2. The molecule has 0 aliphatic heterocycles. The fraction of sp³-hybridized carbons (Fsp3) is 0.485. The Balaban J connectivity index is 2.07. The Morgan fingerprint density at radius 3 is 2.20 bits per heavy atom. The van der Waals surface area contributed by atoms with Gasteiger partial charge in [0, 0.05) is 24.0 Å². The van der Waals surface area contributed by atoms with Crippen molar-refractivity contribution in [3.63, 3.8) is 0 Å². The van der Waals surface area contributed by atoms with Crippen LogP contribution in [0.4, 0.5) is 0 Å². The van der Waals surface area contributed by atoms with E-state index in [1.54, 1.807) is 28.4 Å². The summed E-state index contributed by atoms with van der Waals surface area (Å²) in [5.41, 5.74) is 5.05. The average molecular weight is 569 g/mol. The minimum absolute atomic E-state index is 0.190. The largest absolute Gasteiger partial charge is 0.493 e. The predicted molar refractivity (Wildman–Crippen MR) is 159 cm³/mol. The first-order chi connectivity index (χ1) is 19.7. The van der Waals surface area contributed by atoms with Gasteiger partial charge in [-0.05, 0) is 75.4 Å². The van der Waals surface area contributed by atoms with Gasteiger partial charge in [-0.15, -0.1) is 0 Å². The van der Waals surface area contributed by atoms with E-state index in [0.29, 0.717) is 41.8 Å². The molecule has 3 rings (SSSR count). The average Bonchev–Trinajstić information content (AvgIpc) is 2.98. The third kappa shape index (κ3) is 7.17. The number of aliphatic hydroxyl groups is 1. The Morgan fingerprint density at radius 2 is 1.61 bits per heavy atom. The van der Waals surface area contributed by atoms with Gasteiger partial charge in [0.15, 0.2) is 23.0 Å². The lowest BCUT2D eigenvalue weighted by Crippen LogP contribution is -2.38. The Hall–Kier alpha value is -3.65. The van der Waals surface area contributed by atoms with Crippen molar-refractivity contribution in [2.24, 2.45) is 11.8 Å². The Labute approximate surface area is 243 Å². The summed E-state index contributed by atoms with van der Waals surface area (Å²) in [6.07, 6.45) is 6.72. The molecule has 8 nitrogen and oxygen atoms in total. The van der Waals surface area contributed by atoms with Gasteiger partial charge in [-0.3, -0.25) is 4.79 Å². The fourth-order valence-electron chi connectivity index (χ4n) is 5.58. The molecule has 0 heterocycles. The van der Waals surface area contributed by atoms with Crippen molar-refractivity contribution >= 4 is 5.97 Å². The zero-order valence-electron chi connectivity index (χ0n) is 25.5. The van der Waals surface area contributed by atoms with E-state index in [1.807, 2.05) is 24.3 Å². The third-order valence-corrected chi connectivity index (χ3v) is 7.63. The van der Waals surface area contributed by atoms with E-state index in [0.717, 1.165) is 29.5 Å². The molecule has 0 radical (unpaired) electrons. The van der Waals surface area contributed by atoms with Crippen LogP contribution >= 0.6 is 0 Å². The molecule has 1 aliphatic carbocycles. The van der Waals surface area contributed by atoms with Crippen molar-refractivity contribution in [2.75, 3.05) is 48.8 Å². The number of carbonyl (C=O) groups excluding carboxylic acids is 1. The standard InChI is InChI=1S/C33H44O8/c1-20(2)10-9-11-21(3)14-15-41-25-13-12-22(17-26(25)36-4)28-29-23(16-24(19-34)30(28)33(35)40-8)18-27(37-5)31(38-6)32(29)39-7/h10,12-14,17-18,24,28,30,34H,9,11,15-16,19H2,1-8H3/b21-14+/t24-,28-,30-/m0/s1. The highest BCUT2D eigenvalue weighted by Gasteiger charge is 2.45. The number of esters is 1. The van der Waals surface area contributed by atoms with Crippen LogP contribution in [0.15, 0.2) is 47.6 Å². The van der Waals surface area contributed by atoms with Gasteiger partial charge in [-0.1, -0.05) is 23.3 Å². The van der Waals surface area contributed by atoms with Crippen LogP contribution in [-0.2, 0) is 16.0 Å². The molecule has 0 aromatic heterocycles. The highest BCUT2D eigenvalue weighted by Crippen LogP contribution is 2.54. The first-order valence-electron chi connectivity index (χ1n) is 13.8. The number of hydrogen-bond donors (Lipinski definition) is 1. The summed E-state index contributed by atoms with van der Waals surface area (Å²) < 4.78 is 34.2. The van der Waals surface area contributed by atoms with Crippen LogP contribution in [0.2, 0.25) is 0 Å². The first-order valence-corrected chi connectivity index (χ1v) is 13.8. The molecule has 41 heavy (non-hydrogen) atoms. The summed E-state index contributed by atoms with van der Waals surface area (Å²) in [6, 6.07) is 7.54. The van der Waals surface area contributed by atoms with Crippen LogP contribution in [0.25, 0.3) is 0 Å². The molecule has 2 aromatic carbocycles. The quantitative estimate of drug-likeness (QED) is 0.237. The monoisotopic (exact) mass is 568 g/mol. The minimum atomic E-state index is -0.674. The molecule has 224 valence electrons. The summed E-state index contributed by atoms with van der Waals surface area (Å²) in [5.74, 6) is 0.565. The maximum absolute atomic E-state index is 13.2. The molecule has 0 saturated heterocycles. The number of rotatable bonds is 13. The second-order valence-corrected chi connectivity index (χ2v) is 10.5. The minimum Gasteiger partial charge on any atom is -0.493 e. The molecular formula is C33H44O8. The SMILES string of the molecule is COC(=O)[C@H]1[C@H](CO)Cc2cc(OC)c(OC)c(OC)c2[C@@H]1c1ccc(OC/C=C(\C)CCC=C(C)C)c(OC)c1. The van der Waals surface area contributed by atoms with Gasteiger partial charge in [0.1, 0.15) is 6.61 Å². The number of fused-ring (bicyclic) bond motifs is 1. The van der Waals surface area contributed by atoms with E-state index < -0.39 is 17.8 Å². The van der Waals surface area contributed by atoms with E-state index in [1.165, 1.54) is 18.3 Å². The van der Waals surface area contributed by atoms with Crippen LogP contribution in [0.3, 0.4) is 0 Å². The molecule has 0 spiro atoms. The van der Waals surface area contributed by atoms with E-state index in [-0.39, 0.29) is 12.5 Å². The summed E-state index contributed by atoms with van der Waals surface area (Å²) in [6.45, 7) is 6.52. The van der Waals surface area contributed by atoms with Gasteiger partial charge < -0.3 is 33.5 Å². The summed E-state index contributed by atoms with van der Waals surface area (Å²) >= 11 is 0. The highest BCUT2D eigenvalue weighted by atomic mass is 16.5. The molecule has 1 N–H and O–H groups in total. The Morgan fingerprint density at radius 1 is 0.902 bits per heavy atom. The number of carbonyl (C=O) groups is 1. The van der Waals surface area contributed by atoms with Gasteiger partial charge in [0.25, 0.3) is 0 Å². The lowest BCUT2D eigenvalue weighted by atomic mass is 9.66. The number of ether oxygens (including phenoxy) is 6. The van der Waals surface area contributed by atoms with Crippen LogP contribution in [0.1, 0.15) is 56.2 Å². The molecule has 0 unspecified atom stereocenters. The predicted octanol–water partition coefficient (Wildman–Crippen LogP) is 5.88. The van der Waals surface area contributed by atoms with Gasteiger partial charge in [0.05, 0.1) is 41.5 Å². The summed E-state index contributed by atoms with van der Waals surface area (Å²) in [5, 5.41) is 10.4. The first kappa shape index (κ1) is 31.9.